The Hall–Kier alpha value is -0.810. The highest BCUT2D eigenvalue weighted by Gasteiger charge is 2.26. The van der Waals surface area contributed by atoms with Crippen molar-refractivity contribution in [3.05, 3.63) is 33.8 Å². The fourth-order valence-electron chi connectivity index (χ4n) is 1.81. The maximum absolute atomic E-state index is 11.9. The Morgan fingerprint density at radius 3 is 2.63 bits per heavy atom. The summed E-state index contributed by atoms with van der Waals surface area (Å²) >= 11 is 11.8. The first-order valence-electron chi connectivity index (χ1n) is 5.85. The molecule has 0 aromatic heterocycles. The van der Waals surface area contributed by atoms with Gasteiger partial charge in [0.05, 0.1) is 17.2 Å². The maximum Gasteiger partial charge on any atom is 0.327 e. The number of aliphatic hydroxyl groups is 1. The van der Waals surface area contributed by atoms with E-state index in [9.17, 15) is 4.79 Å². The molecule has 1 rings (SSSR count). The largest absolute Gasteiger partial charge is 0.468 e. The molecule has 0 saturated carbocycles. The van der Waals surface area contributed by atoms with Gasteiger partial charge >= 0.3 is 5.97 Å². The van der Waals surface area contributed by atoms with Gasteiger partial charge in [0, 0.05) is 13.2 Å². The average molecular weight is 306 g/mol. The number of rotatable bonds is 6. The zero-order chi connectivity index (χ0) is 14.4. The molecule has 6 heteroatoms. The van der Waals surface area contributed by atoms with Crippen molar-refractivity contribution in [1.29, 1.82) is 0 Å². The summed E-state index contributed by atoms with van der Waals surface area (Å²) < 4.78 is 4.82. The van der Waals surface area contributed by atoms with Crippen molar-refractivity contribution in [2.75, 3.05) is 27.3 Å². The molecule has 0 amide bonds. The number of hydrogen-bond donors (Lipinski definition) is 1. The monoisotopic (exact) mass is 305 g/mol. The van der Waals surface area contributed by atoms with E-state index >= 15 is 0 Å². The topological polar surface area (TPSA) is 49.8 Å². The van der Waals surface area contributed by atoms with Crippen molar-refractivity contribution in [1.82, 2.24) is 4.90 Å². The van der Waals surface area contributed by atoms with Crippen LogP contribution >= 0.6 is 23.2 Å². The van der Waals surface area contributed by atoms with Gasteiger partial charge in [-0.15, -0.1) is 0 Å². The molecule has 0 bridgehead atoms. The molecule has 4 nitrogen and oxygen atoms in total. The van der Waals surface area contributed by atoms with Gasteiger partial charge in [0.25, 0.3) is 0 Å². The molecule has 1 aromatic carbocycles. The number of methoxy groups -OCH3 is 1. The van der Waals surface area contributed by atoms with Crippen LogP contribution in [-0.2, 0) is 9.53 Å². The van der Waals surface area contributed by atoms with Gasteiger partial charge in [0.15, 0.2) is 0 Å². The number of aliphatic hydroxyl groups excluding tert-OH is 1. The number of hydrogen-bond acceptors (Lipinski definition) is 4. The van der Waals surface area contributed by atoms with Crippen LogP contribution in [0.1, 0.15) is 18.0 Å². The average Bonchev–Trinajstić information content (AvgIpc) is 2.40. The van der Waals surface area contributed by atoms with Crippen LogP contribution in [0.5, 0.6) is 0 Å². The Labute approximate surface area is 122 Å². The number of carbonyl (C=O) groups is 1. The number of halogens is 2. The lowest BCUT2D eigenvalue weighted by Gasteiger charge is -2.26. The third kappa shape index (κ3) is 4.35. The fraction of sp³-hybridized carbons (Fsp3) is 0.462. The van der Waals surface area contributed by atoms with Crippen LogP contribution in [0.3, 0.4) is 0 Å². The first kappa shape index (κ1) is 16.2. The second kappa shape index (κ2) is 7.70. The standard InChI is InChI=1S/C13H17Cl2NO3/c1-16(6-3-7-17)12(13(18)19-2)9-4-5-10(14)11(15)8-9/h4-5,8,12,17H,3,6-7H2,1-2H3. The first-order chi connectivity index (χ1) is 9.01. The van der Waals surface area contributed by atoms with Crippen LogP contribution in [0.25, 0.3) is 0 Å². The molecule has 0 radical (unpaired) electrons. The molecular formula is C13H17Cl2NO3. The lowest BCUT2D eigenvalue weighted by molar-refractivity contribution is -0.146. The summed E-state index contributed by atoms with van der Waals surface area (Å²) in [6.07, 6.45) is 0.575. The highest BCUT2D eigenvalue weighted by atomic mass is 35.5. The lowest BCUT2D eigenvalue weighted by atomic mass is 10.1. The number of benzene rings is 1. The van der Waals surface area contributed by atoms with Crippen molar-refractivity contribution in [2.45, 2.75) is 12.5 Å². The van der Waals surface area contributed by atoms with E-state index in [1.54, 1.807) is 25.2 Å². The SMILES string of the molecule is COC(=O)C(c1ccc(Cl)c(Cl)c1)N(C)CCCO. The first-order valence-corrected chi connectivity index (χ1v) is 6.60. The van der Waals surface area contributed by atoms with E-state index < -0.39 is 6.04 Å². The van der Waals surface area contributed by atoms with Gasteiger partial charge in [0.2, 0.25) is 0 Å². The third-order valence-corrected chi connectivity index (χ3v) is 3.53. The molecule has 0 saturated heterocycles. The molecule has 0 aliphatic carbocycles. The van der Waals surface area contributed by atoms with Crippen LogP contribution in [0.4, 0.5) is 0 Å². The van der Waals surface area contributed by atoms with Gasteiger partial charge in [0.1, 0.15) is 6.04 Å². The minimum atomic E-state index is -0.564. The van der Waals surface area contributed by atoms with Gasteiger partial charge in [-0.1, -0.05) is 29.3 Å². The lowest BCUT2D eigenvalue weighted by Crippen LogP contribution is -2.33. The second-order valence-corrected chi connectivity index (χ2v) is 4.97. The summed E-state index contributed by atoms with van der Waals surface area (Å²) in [4.78, 5) is 13.7. The zero-order valence-corrected chi connectivity index (χ0v) is 12.4. The summed E-state index contributed by atoms with van der Waals surface area (Å²) in [5.41, 5.74) is 0.710. The minimum Gasteiger partial charge on any atom is -0.468 e. The second-order valence-electron chi connectivity index (χ2n) is 4.16. The van der Waals surface area contributed by atoms with Crippen molar-refractivity contribution in [2.24, 2.45) is 0 Å². The Morgan fingerprint density at radius 1 is 1.42 bits per heavy atom. The van der Waals surface area contributed by atoms with Gasteiger partial charge in [-0.3, -0.25) is 4.90 Å². The molecule has 106 valence electrons. The molecule has 0 heterocycles. The summed E-state index contributed by atoms with van der Waals surface area (Å²) in [5, 5.41) is 9.69. The molecule has 0 aliphatic heterocycles. The van der Waals surface area contributed by atoms with E-state index in [0.717, 1.165) is 0 Å². The molecule has 0 aliphatic rings. The molecule has 0 fully saturated rings. The van der Waals surface area contributed by atoms with Crippen LogP contribution in [0, 0.1) is 0 Å². The highest BCUT2D eigenvalue weighted by Crippen LogP contribution is 2.28. The maximum atomic E-state index is 11.9. The summed E-state index contributed by atoms with van der Waals surface area (Å²) in [6, 6.07) is 4.48. The highest BCUT2D eigenvalue weighted by molar-refractivity contribution is 6.42. The van der Waals surface area contributed by atoms with E-state index in [2.05, 4.69) is 0 Å². The van der Waals surface area contributed by atoms with Gasteiger partial charge in [-0.25, -0.2) is 4.79 Å². The van der Waals surface area contributed by atoms with E-state index in [1.165, 1.54) is 7.11 Å². The minimum absolute atomic E-state index is 0.0691. The Balaban J connectivity index is 3.01. The molecule has 1 unspecified atom stereocenters. The Bertz CT molecular complexity index is 440. The van der Waals surface area contributed by atoms with Gasteiger partial charge in [-0.2, -0.15) is 0 Å². The van der Waals surface area contributed by atoms with E-state index in [-0.39, 0.29) is 12.6 Å². The third-order valence-electron chi connectivity index (χ3n) is 2.79. The van der Waals surface area contributed by atoms with Crippen molar-refractivity contribution in [3.8, 4) is 0 Å². The molecule has 0 spiro atoms. The van der Waals surface area contributed by atoms with E-state index in [4.69, 9.17) is 33.0 Å². The summed E-state index contributed by atoms with van der Waals surface area (Å²) in [7, 11) is 3.13. The van der Waals surface area contributed by atoms with E-state index in [1.807, 2.05) is 4.90 Å². The zero-order valence-electron chi connectivity index (χ0n) is 10.9. The molecular weight excluding hydrogens is 289 g/mol. The molecule has 19 heavy (non-hydrogen) atoms. The molecule has 1 atom stereocenters. The van der Waals surface area contributed by atoms with Crippen LogP contribution in [-0.4, -0.2) is 43.3 Å². The predicted octanol–water partition coefficient (Wildman–Crippen LogP) is 2.52. The van der Waals surface area contributed by atoms with Crippen LogP contribution in [0.2, 0.25) is 10.0 Å². The van der Waals surface area contributed by atoms with E-state index in [0.29, 0.717) is 28.6 Å². The Morgan fingerprint density at radius 2 is 2.11 bits per heavy atom. The molecule has 1 N–H and O–H groups in total. The number of ether oxygens (including phenoxy) is 1. The smallest absolute Gasteiger partial charge is 0.327 e. The number of esters is 1. The number of nitrogens with zero attached hydrogens (tertiary/aromatic N) is 1. The van der Waals surface area contributed by atoms with Crippen molar-refractivity contribution >= 4 is 29.2 Å². The normalized spacial score (nSPS) is 12.5. The number of likely N-dealkylation sites (N-methyl/N-ethyl adjacent to an activating group) is 1. The summed E-state index contributed by atoms with van der Waals surface area (Å²) in [5.74, 6) is -0.376. The van der Waals surface area contributed by atoms with Gasteiger partial charge in [-0.05, 0) is 31.2 Å². The number of carbonyl (C=O) groups excluding carboxylic acids is 1. The van der Waals surface area contributed by atoms with Crippen molar-refractivity contribution < 1.29 is 14.6 Å². The van der Waals surface area contributed by atoms with Gasteiger partial charge < -0.3 is 9.84 Å². The fourth-order valence-corrected chi connectivity index (χ4v) is 2.12. The Kier molecular flexibility index (Phi) is 6.58. The van der Waals surface area contributed by atoms with Crippen LogP contribution < -0.4 is 0 Å². The van der Waals surface area contributed by atoms with Crippen LogP contribution in [0.15, 0.2) is 18.2 Å². The predicted molar refractivity (Wildman–Crippen MR) is 75.6 cm³/mol. The van der Waals surface area contributed by atoms with Crippen molar-refractivity contribution in [3.63, 3.8) is 0 Å². The molecule has 1 aromatic rings. The quantitative estimate of drug-likeness (QED) is 0.821. The summed E-state index contributed by atoms with van der Waals surface area (Å²) in [6.45, 7) is 0.635.